The van der Waals surface area contributed by atoms with Crippen LogP contribution in [0.4, 0.5) is 4.79 Å². The highest BCUT2D eigenvalue weighted by Gasteiger charge is 2.41. The second-order valence-corrected chi connectivity index (χ2v) is 6.42. The Bertz CT molecular complexity index is 582. The second-order valence-electron chi connectivity index (χ2n) is 5.30. The Labute approximate surface area is 120 Å². The van der Waals surface area contributed by atoms with Crippen molar-refractivity contribution in [3.05, 3.63) is 21.9 Å². The minimum atomic E-state index is -0.708. The van der Waals surface area contributed by atoms with Crippen LogP contribution >= 0.6 is 11.3 Å². The summed E-state index contributed by atoms with van der Waals surface area (Å²) in [5, 5.41) is 9.78. The van der Waals surface area contributed by atoms with Crippen molar-refractivity contribution in [2.24, 2.45) is 0 Å². The van der Waals surface area contributed by atoms with Crippen LogP contribution in [0.5, 0.6) is 0 Å². The van der Waals surface area contributed by atoms with Crippen molar-refractivity contribution in [3.63, 3.8) is 0 Å². The maximum Gasteiger partial charge on any atom is 0.444 e. The number of nitriles is 1. The van der Waals surface area contributed by atoms with E-state index >= 15 is 0 Å². The zero-order valence-electron chi connectivity index (χ0n) is 11.4. The van der Waals surface area contributed by atoms with E-state index in [0.29, 0.717) is 4.88 Å². The molecule has 1 saturated heterocycles. The van der Waals surface area contributed by atoms with Crippen LogP contribution in [-0.2, 0) is 14.4 Å². The van der Waals surface area contributed by atoms with E-state index < -0.39 is 23.7 Å². The standard InChI is InChI=1S/C13H14N2O4S/c1-13(2,3)18-12(17)15-9(6-11(16)19-15)10-5-4-8(7-14)20-10/h4-5,9H,6H2,1-3H3. The predicted molar refractivity (Wildman–Crippen MR) is 70.6 cm³/mol. The molecule has 1 aromatic heterocycles. The third-order valence-corrected chi connectivity index (χ3v) is 3.57. The lowest BCUT2D eigenvalue weighted by Crippen LogP contribution is -2.35. The van der Waals surface area contributed by atoms with Crippen LogP contribution in [0.2, 0.25) is 0 Å². The predicted octanol–water partition coefficient (Wildman–Crippen LogP) is 2.76. The van der Waals surface area contributed by atoms with Crippen molar-refractivity contribution in [2.45, 2.75) is 38.8 Å². The minimum absolute atomic E-state index is 0.0601. The van der Waals surface area contributed by atoms with Gasteiger partial charge in [0.15, 0.2) is 0 Å². The first kappa shape index (κ1) is 14.3. The van der Waals surface area contributed by atoms with Crippen LogP contribution in [0.15, 0.2) is 12.1 Å². The molecule has 1 amide bonds. The molecule has 1 aliphatic rings. The van der Waals surface area contributed by atoms with Gasteiger partial charge < -0.3 is 9.57 Å². The number of hydrogen-bond donors (Lipinski definition) is 0. The fourth-order valence-electron chi connectivity index (χ4n) is 1.73. The first-order valence-electron chi connectivity index (χ1n) is 6.03. The summed E-state index contributed by atoms with van der Waals surface area (Å²) < 4.78 is 5.20. The van der Waals surface area contributed by atoms with Gasteiger partial charge in [0.1, 0.15) is 22.6 Å². The topological polar surface area (TPSA) is 79.6 Å². The third kappa shape index (κ3) is 3.08. The zero-order valence-corrected chi connectivity index (χ0v) is 12.2. The average Bonchev–Trinajstić information content (AvgIpc) is 2.92. The smallest absolute Gasteiger partial charge is 0.442 e. The molecule has 0 N–H and O–H groups in total. The molecule has 1 fully saturated rings. The zero-order chi connectivity index (χ0) is 14.9. The van der Waals surface area contributed by atoms with Crippen molar-refractivity contribution in [2.75, 3.05) is 0 Å². The fraction of sp³-hybridized carbons (Fsp3) is 0.462. The number of ether oxygens (including phenoxy) is 1. The van der Waals surface area contributed by atoms with Crippen LogP contribution < -0.4 is 0 Å². The van der Waals surface area contributed by atoms with Crippen LogP contribution in [0.25, 0.3) is 0 Å². The maximum atomic E-state index is 12.0. The van der Waals surface area contributed by atoms with E-state index in [0.717, 1.165) is 9.94 Å². The molecule has 0 saturated carbocycles. The largest absolute Gasteiger partial charge is 0.444 e. The van der Waals surface area contributed by atoms with E-state index in [2.05, 4.69) is 0 Å². The summed E-state index contributed by atoms with van der Waals surface area (Å²) in [7, 11) is 0. The molecule has 20 heavy (non-hydrogen) atoms. The first-order chi connectivity index (χ1) is 9.30. The van der Waals surface area contributed by atoms with Crippen LogP contribution in [0.3, 0.4) is 0 Å². The van der Waals surface area contributed by atoms with Crippen molar-refractivity contribution in [1.29, 1.82) is 5.26 Å². The van der Waals surface area contributed by atoms with Gasteiger partial charge >= 0.3 is 12.1 Å². The Morgan fingerprint density at radius 2 is 2.25 bits per heavy atom. The second kappa shape index (κ2) is 5.13. The molecular formula is C13H14N2O4S. The van der Waals surface area contributed by atoms with Crippen molar-refractivity contribution in [3.8, 4) is 6.07 Å². The van der Waals surface area contributed by atoms with Gasteiger partial charge in [0.25, 0.3) is 0 Å². The Morgan fingerprint density at radius 1 is 1.55 bits per heavy atom. The Hall–Kier alpha value is -2.07. The highest BCUT2D eigenvalue weighted by Crippen LogP contribution is 2.36. The summed E-state index contributed by atoms with van der Waals surface area (Å²) in [4.78, 5) is 29.6. The molecule has 1 unspecified atom stereocenters. The van der Waals surface area contributed by atoms with Crippen LogP contribution in [0.1, 0.15) is 43.0 Å². The van der Waals surface area contributed by atoms with Gasteiger partial charge in [-0.15, -0.1) is 16.4 Å². The van der Waals surface area contributed by atoms with Crippen molar-refractivity contribution >= 4 is 23.4 Å². The number of carbonyl (C=O) groups excluding carboxylic acids is 2. The van der Waals surface area contributed by atoms with Crippen molar-refractivity contribution in [1.82, 2.24) is 5.06 Å². The highest BCUT2D eigenvalue weighted by atomic mass is 32.1. The average molecular weight is 294 g/mol. The molecule has 1 atom stereocenters. The lowest BCUT2D eigenvalue weighted by molar-refractivity contribution is -0.170. The molecule has 0 bridgehead atoms. The number of carbonyl (C=O) groups is 2. The molecule has 7 heteroatoms. The number of hydrogen-bond acceptors (Lipinski definition) is 6. The molecule has 1 aliphatic heterocycles. The van der Waals surface area contributed by atoms with Gasteiger partial charge in [-0.1, -0.05) is 0 Å². The van der Waals surface area contributed by atoms with E-state index in [1.54, 1.807) is 32.9 Å². The normalized spacial score (nSPS) is 18.6. The fourth-order valence-corrected chi connectivity index (χ4v) is 2.62. The molecule has 0 aliphatic carbocycles. The molecule has 1 aromatic rings. The van der Waals surface area contributed by atoms with Gasteiger partial charge in [-0.25, -0.2) is 9.59 Å². The maximum absolute atomic E-state index is 12.0. The lowest BCUT2D eigenvalue weighted by Gasteiger charge is -2.25. The van der Waals surface area contributed by atoms with Gasteiger partial charge in [-0.2, -0.15) is 5.26 Å². The summed E-state index contributed by atoms with van der Waals surface area (Å²) in [6, 6.07) is 4.85. The summed E-state index contributed by atoms with van der Waals surface area (Å²) >= 11 is 1.23. The van der Waals surface area contributed by atoms with Gasteiger partial charge in [-0.05, 0) is 32.9 Å². The highest BCUT2D eigenvalue weighted by molar-refractivity contribution is 7.12. The van der Waals surface area contributed by atoms with Gasteiger partial charge in [-0.3, -0.25) is 0 Å². The summed E-state index contributed by atoms with van der Waals surface area (Å²) in [6.07, 6.45) is -0.648. The summed E-state index contributed by atoms with van der Waals surface area (Å²) in [5.74, 6) is -0.493. The van der Waals surface area contributed by atoms with E-state index in [9.17, 15) is 9.59 Å². The third-order valence-electron chi connectivity index (χ3n) is 2.48. The Balaban J connectivity index is 2.21. The summed E-state index contributed by atoms with van der Waals surface area (Å²) in [5.41, 5.74) is -0.677. The first-order valence-corrected chi connectivity index (χ1v) is 6.84. The monoisotopic (exact) mass is 294 g/mol. The number of hydroxylamine groups is 2. The van der Waals surface area contributed by atoms with E-state index in [4.69, 9.17) is 14.8 Å². The van der Waals surface area contributed by atoms with E-state index in [1.807, 2.05) is 6.07 Å². The van der Waals surface area contributed by atoms with E-state index in [-0.39, 0.29) is 6.42 Å². The van der Waals surface area contributed by atoms with Crippen molar-refractivity contribution < 1.29 is 19.2 Å². The molecule has 6 nitrogen and oxygen atoms in total. The SMILES string of the molecule is CC(C)(C)OC(=O)N1OC(=O)CC1c1ccc(C#N)s1. The number of nitrogens with zero attached hydrogens (tertiary/aromatic N) is 2. The number of thiophene rings is 1. The van der Waals surface area contributed by atoms with Gasteiger partial charge in [0, 0.05) is 4.88 Å². The lowest BCUT2D eigenvalue weighted by atomic mass is 10.2. The van der Waals surface area contributed by atoms with Gasteiger partial charge in [0.05, 0.1) is 6.42 Å². The molecule has 0 spiro atoms. The quantitative estimate of drug-likeness (QED) is 0.795. The minimum Gasteiger partial charge on any atom is -0.442 e. The van der Waals surface area contributed by atoms with Gasteiger partial charge in [0.2, 0.25) is 0 Å². The van der Waals surface area contributed by atoms with Crippen LogP contribution in [-0.4, -0.2) is 22.7 Å². The molecule has 2 rings (SSSR count). The Morgan fingerprint density at radius 3 is 2.80 bits per heavy atom. The summed E-state index contributed by atoms with van der Waals surface area (Å²) in [6.45, 7) is 5.20. The Kier molecular flexibility index (Phi) is 3.68. The van der Waals surface area contributed by atoms with Crippen LogP contribution in [0, 0.1) is 11.3 Å². The molecule has 0 radical (unpaired) electrons. The van der Waals surface area contributed by atoms with E-state index in [1.165, 1.54) is 11.3 Å². The number of rotatable bonds is 1. The number of amides is 1. The molecule has 106 valence electrons. The molecule has 0 aromatic carbocycles. The molecular weight excluding hydrogens is 280 g/mol. The molecule has 2 heterocycles.